The van der Waals surface area contributed by atoms with Gasteiger partial charge in [-0.25, -0.2) is 17.2 Å². The molecule has 0 aliphatic rings. The molecule has 2 aromatic carbocycles. The van der Waals surface area contributed by atoms with Gasteiger partial charge in [-0.3, -0.25) is 4.72 Å². The summed E-state index contributed by atoms with van der Waals surface area (Å²) in [4.78, 5) is -0.0616. The van der Waals surface area contributed by atoms with Crippen LogP contribution in [-0.4, -0.2) is 15.5 Å². The van der Waals surface area contributed by atoms with E-state index in [1.165, 1.54) is 13.2 Å². The number of aryl methyl sites for hydroxylation is 2. The highest BCUT2D eigenvalue weighted by molar-refractivity contribution is 7.92. The van der Waals surface area contributed by atoms with E-state index in [2.05, 4.69) is 0 Å². The molecule has 0 bridgehead atoms. The number of sulfonamides is 1. The summed E-state index contributed by atoms with van der Waals surface area (Å²) in [7, 11) is -2.65. The quantitative estimate of drug-likeness (QED) is 0.936. The van der Waals surface area contributed by atoms with Gasteiger partial charge in [0.2, 0.25) is 0 Å². The van der Waals surface area contributed by atoms with E-state index in [-0.39, 0.29) is 4.90 Å². The largest absolute Gasteiger partial charge is 0.496 e. The Kier molecular flexibility index (Phi) is 4.37. The molecule has 0 saturated carbocycles. The number of para-hydroxylation sites is 1. The summed E-state index contributed by atoms with van der Waals surface area (Å²) in [6, 6.07) is 6.07. The Balaban J connectivity index is 2.50. The molecule has 0 heterocycles. The molecule has 0 spiro atoms. The Morgan fingerprint density at radius 3 is 2.18 bits per heavy atom. The molecule has 0 fully saturated rings. The van der Waals surface area contributed by atoms with Gasteiger partial charge in [-0.05, 0) is 49.2 Å². The fraction of sp³-hybridized carbons (Fsp3) is 0.200. The summed E-state index contributed by atoms with van der Waals surface area (Å²) in [6.45, 7) is 3.26. The average molecular weight is 327 g/mol. The molecule has 2 aromatic rings. The zero-order valence-corrected chi connectivity index (χ0v) is 13.1. The zero-order chi connectivity index (χ0) is 16.5. The van der Waals surface area contributed by atoms with Crippen molar-refractivity contribution in [1.29, 1.82) is 0 Å². The van der Waals surface area contributed by atoms with Gasteiger partial charge in [-0.15, -0.1) is 0 Å². The van der Waals surface area contributed by atoms with E-state index in [0.717, 1.165) is 18.2 Å². The Morgan fingerprint density at radius 2 is 1.64 bits per heavy atom. The fourth-order valence-corrected chi connectivity index (χ4v) is 3.45. The molecule has 0 unspecified atom stereocenters. The maximum absolute atomic E-state index is 13.6. The SMILES string of the molecule is COc1cc(C)c(S(=O)(=O)Nc2c(F)cccc2F)cc1C. The van der Waals surface area contributed by atoms with Crippen LogP contribution in [0.15, 0.2) is 35.2 Å². The number of rotatable bonds is 4. The van der Waals surface area contributed by atoms with Crippen LogP contribution in [0.5, 0.6) is 5.75 Å². The third-order valence-corrected chi connectivity index (χ3v) is 4.67. The van der Waals surface area contributed by atoms with Gasteiger partial charge in [0.1, 0.15) is 23.1 Å². The number of ether oxygens (including phenoxy) is 1. The molecule has 0 aromatic heterocycles. The lowest BCUT2D eigenvalue weighted by Crippen LogP contribution is -2.16. The predicted octanol–water partition coefficient (Wildman–Crippen LogP) is 3.39. The summed E-state index contributed by atoms with van der Waals surface area (Å²) in [5, 5.41) is 0. The third-order valence-electron chi connectivity index (χ3n) is 3.18. The number of hydrogen-bond donors (Lipinski definition) is 1. The maximum Gasteiger partial charge on any atom is 0.262 e. The van der Waals surface area contributed by atoms with Gasteiger partial charge in [0, 0.05) is 0 Å². The summed E-state index contributed by atoms with van der Waals surface area (Å²) in [5.74, 6) is -1.42. The summed E-state index contributed by atoms with van der Waals surface area (Å²) in [5.41, 5.74) is 0.310. The number of halogens is 2. The monoisotopic (exact) mass is 327 g/mol. The van der Waals surface area contributed by atoms with Crippen LogP contribution in [0.3, 0.4) is 0 Å². The minimum Gasteiger partial charge on any atom is -0.496 e. The molecule has 4 nitrogen and oxygen atoms in total. The van der Waals surface area contributed by atoms with Gasteiger partial charge in [0.15, 0.2) is 0 Å². The molecule has 1 N–H and O–H groups in total. The fourth-order valence-electron chi connectivity index (χ4n) is 2.06. The highest BCUT2D eigenvalue weighted by Crippen LogP contribution is 2.28. The molecular weight excluding hydrogens is 312 g/mol. The second kappa shape index (κ2) is 5.92. The lowest BCUT2D eigenvalue weighted by atomic mass is 10.1. The first kappa shape index (κ1) is 16.2. The molecular formula is C15H15F2NO3S. The van der Waals surface area contributed by atoms with Crippen molar-refractivity contribution in [1.82, 2.24) is 0 Å². The highest BCUT2D eigenvalue weighted by Gasteiger charge is 2.22. The van der Waals surface area contributed by atoms with E-state index >= 15 is 0 Å². The number of nitrogens with one attached hydrogen (secondary N) is 1. The molecule has 0 saturated heterocycles. The lowest BCUT2D eigenvalue weighted by molar-refractivity contribution is 0.411. The Bertz CT molecular complexity index is 800. The van der Waals surface area contributed by atoms with Gasteiger partial charge in [0.25, 0.3) is 10.0 Å². The van der Waals surface area contributed by atoms with Crippen LogP contribution in [0.1, 0.15) is 11.1 Å². The summed E-state index contributed by atoms with van der Waals surface area (Å²) in [6.07, 6.45) is 0. The molecule has 7 heteroatoms. The van der Waals surface area contributed by atoms with E-state index < -0.39 is 27.3 Å². The highest BCUT2D eigenvalue weighted by atomic mass is 32.2. The Labute approximate surface area is 127 Å². The normalized spacial score (nSPS) is 11.3. The molecule has 0 aliphatic heterocycles. The average Bonchev–Trinajstić information content (AvgIpc) is 2.45. The van der Waals surface area contributed by atoms with Crippen LogP contribution in [0.2, 0.25) is 0 Å². The minimum atomic E-state index is -4.12. The molecule has 0 atom stereocenters. The number of hydrogen-bond acceptors (Lipinski definition) is 3. The number of anilines is 1. The smallest absolute Gasteiger partial charge is 0.262 e. The molecule has 2 rings (SSSR count). The lowest BCUT2D eigenvalue weighted by Gasteiger charge is -2.14. The summed E-state index contributed by atoms with van der Waals surface area (Å²) >= 11 is 0. The molecule has 0 radical (unpaired) electrons. The van der Waals surface area contributed by atoms with Gasteiger partial charge in [-0.2, -0.15) is 0 Å². The van der Waals surface area contributed by atoms with Crippen molar-refractivity contribution >= 4 is 15.7 Å². The Hall–Kier alpha value is -2.15. The van der Waals surface area contributed by atoms with Crippen molar-refractivity contribution in [2.45, 2.75) is 18.7 Å². The minimum absolute atomic E-state index is 0.0616. The van der Waals surface area contributed by atoms with E-state index in [1.807, 2.05) is 4.72 Å². The third kappa shape index (κ3) is 3.04. The van der Waals surface area contributed by atoms with Crippen LogP contribution in [0.25, 0.3) is 0 Å². The predicted molar refractivity (Wildman–Crippen MR) is 79.6 cm³/mol. The van der Waals surface area contributed by atoms with Crippen molar-refractivity contribution in [2.24, 2.45) is 0 Å². The van der Waals surface area contributed by atoms with Gasteiger partial charge >= 0.3 is 0 Å². The van der Waals surface area contributed by atoms with Crippen molar-refractivity contribution in [3.05, 3.63) is 53.1 Å². The van der Waals surface area contributed by atoms with Crippen molar-refractivity contribution in [2.75, 3.05) is 11.8 Å². The zero-order valence-electron chi connectivity index (χ0n) is 12.3. The molecule has 22 heavy (non-hydrogen) atoms. The van der Waals surface area contributed by atoms with Crippen LogP contribution in [0.4, 0.5) is 14.5 Å². The van der Waals surface area contributed by atoms with Crippen LogP contribution in [0, 0.1) is 25.5 Å². The topological polar surface area (TPSA) is 55.4 Å². The van der Waals surface area contributed by atoms with Crippen LogP contribution in [-0.2, 0) is 10.0 Å². The maximum atomic E-state index is 13.6. The van der Waals surface area contributed by atoms with Crippen molar-refractivity contribution in [3.8, 4) is 5.75 Å². The van der Waals surface area contributed by atoms with Gasteiger partial charge in [0.05, 0.1) is 12.0 Å². The van der Waals surface area contributed by atoms with Crippen LogP contribution < -0.4 is 9.46 Å². The first-order chi connectivity index (χ1) is 10.3. The first-order valence-electron chi connectivity index (χ1n) is 6.38. The number of benzene rings is 2. The van der Waals surface area contributed by atoms with Crippen LogP contribution >= 0.6 is 0 Å². The van der Waals surface area contributed by atoms with E-state index in [4.69, 9.17) is 4.74 Å². The summed E-state index contributed by atoms with van der Waals surface area (Å²) < 4.78 is 59.1. The van der Waals surface area contributed by atoms with E-state index in [9.17, 15) is 17.2 Å². The second-order valence-corrected chi connectivity index (χ2v) is 6.44. The van der Waals surface area contributed by atoms with Crippen molar-refractivity contribution < 1.29 is 21.9 Å². The van der Waals surface area contributed by atoms with Gasteiger partial charge < -0.3 is 4.74 Å². The molecule has 0 amide bonds. The van der Waals surface area contributed by atoms with E-state index in [1.54, 1.807) is 19.9 Å². The van der Waals surface area contributed by atoms with E-state index in [0.29, 0.717) is 16.9 Å². The number of methoxy groups -OCH3 is 1. The Morgan fingerprint density at radius 1 is 1.05 bits per heavy atom. The van der Waals surface area contributed by atoms with Gasteiger partial charge in [-0.1, -0.05) is 6.07 Å². The standard InChI is InChI=1S/C15H15F2NO3S/c1-9-8-14(10(2)7-13(9)21-3)22(19,20)18-15-11(16)5-4-6-12(15)17/h4-8,18H,1-3H3. The molecule has 0 aliphatic carbocycles. The first-order valence-corrected chi connectivity index (χ1v) is 7.86. The molecule has 118 valence electrons. The van der Waals surface area contributed by atoms with Crippen molar-refractivity contribution in [3.63, 3.8) is 0 Å². The second-order valence-electron chi connectivity index (χ2n) is 4.79.